The normalized spacial score (nSPS) is 25.9. The fourth-order valence-corrected chi connectivity index (χ4v) is 5.22. The first-order valence-electron chi connectivity index (χ1n) is 7.72. The molecule has 1 aliphatic carbocycles. The van der Waals surface area contributed by atoms with Crippen LogP contribution >= 0.6 is 27.3 Å². The molecule has 112 valence electrons. The Morgan fingerprint density at radius 1 is 1.19 bits per heavy atom. The minimum atomic E-state index is 0.652. The Bertz CT molecular complexity index is 566. The third kappa shape index (κ3) is 3.58. The van der Waals surface area contributed by atoms with Crippen LogP contribution in [0.2, 0.25) is 0 Å². The third-order valence-corrected chi connectivity index (χ3v) is 6.71. The number of hydrogen-bond acceptors (Lipinski definition) is 2. The van der Waals surface area contributed by atoms with Crippen molar-refractivity contribution >= 4 is 27.3 Å². The van der Waals surface area contributed by atoms with Gasteiger partial charge in [-0.15, -0.1) is 11.3 Å². The fraction of sp³-hybridized carbons (Fsp3) is 0.444. The highest BCUT2D eigenvalue weighted by molar-refractivity contribution is 9.10. The highest BCUT2D eigenvalue weighted by Gasteiger charge is 2.30. The molecule has 0 amide bonds. The van der Waals surface area contributed by atoms with Crippen LogP contribution in [0.1, 0.15) is 35.6 Å². The van der Waals surface area contributed by atoms with Gasteiger partial charge in [0.25, 0.3) is 0 Å². The van der Waals surface area contributed by atoms with E-state index in [9.17, 15) is 0 Å². The van der Waals surface area contributed by atoms with Crippen LogP contribution in [0.15, 0.2) is 46.3 Å². The van der Waals surface area contributed by atoms with Gasteiger partial charge in [-0.25, -0.2) is 0 Å². The summed E-state index contributed by atoms with van der Waals surface area (Å²) in [4.78, 5) is 1.49. The van der Waals surface area contributed by atoms with Crippen LogP contribution in [0.4, 0.5) is 0 Å². The molecular formula is C18H22BrNS. The Morgan fingerprint density at radius 3 is 2.67 bits per heavy atom. The quantitative estimate of drug-likeness (QED) is 0.784. The molecule has 3 atom stereocenters. The summed E-state index contributed by atoms with van der Waals surface area (Å²) < 4.78 is 1.28. The standard InChI is InChI=1S/C18H22BrNS/c1-20-17-8-7-14(13-5-3-2-4-6-13)11-15(17)12-18-16(19)9-10-21-18/h2-6,9-10,14-15,17,20H,7-8,11-12H2,1H3. The second-order valence-electron chi connectivity index (χ2n) is 5.97. The summed E-state index contributed by atoms with van der Waals surface area (Å²) in [5, 5.41) is 5.73. The molecule has 2 aromatic rings. The smallest absolute Gasteiger partial charge is 0.0314 e. The summed E-state index contributed by atoms with van der Waals surface area (Å²) in [6, 6.07) is 13.9. The van der Waals surface area contributed by atoms with E-state index in [1.165, 1.54) is 40.6 Å². The van der Waals surface area contributed by atoms with Crippen LogP contribution < -0.4 is 5.32 Å². The SMILES string of the molecule is CNC1CCC(c2ccccc2)CC1Cc1sccc1Br. The topological polar surface area (TPSA) is 12.0 Å². The summed E-state index contributed by atoms with van der Waals surface area (Å²) in [5.74, 6) is 1.45. The summed E-state index contributed by atoms with van der Waals surface area (Å²) in [5.41, 5.74) is 1.52. The van der Waals surface area contributed by atoms with Crippen LogP contribution in [-0.2, 0) is 6.42 Å². The van der Waals surface area contributed by atoms with E-state index in [1.807, 2.05) is 11.3 Å². The van der Waals surface area contributed by atoms with E-state index in [0.29, 0.717) is 6.04 Å². The molecule has 1 N–H and O–H groups in total. The van der Waals surface area contributed by atoms with Crippen molar-refractivity contribution in [3.05, 3.63) is 56.7 Å². The number of nitrogens with one attached hydrogen (secondary N) is 1. The largest absolute Gasteiger partial charge is 0.317 e. The lowest BCUT2D eigenvalue weighted by Crippen LogP contribution is -2.39. The van der Waals surface area contributed by atoms with Crippen molar-refractivity contribution in [2.75, 3.05) is 7.05 Å². The van der Waals surface area contributed by atoms with Gasteiger partial charge in [0.05, 0.1) is 0 Å². The van der Waals surface area contributed by atoms with Gasteiger partial charge in [-0.2, -0.15) is 0 Å². The zero-order chi connectivity index (χ0) is 14.7. The number of benzene rings is 1. The predicted octanol–water partition coefficient (Wildman–Crippen LogP) is 5.23. The molecule has 1 fully saturated rings. The molecule has 0 saturated heterocycles. The van der Waals surface area contributed by atoms with Gasteiger partial charge in [-0.1, -0.05) is 30.3 Å². The van der Waals surface area contributed by atoms with E-state index in [2.05, 4.69) is 70.1 Å². The molecule has 0 aliphatic heterocycles. The van der Waals surface area contributed by atoms with E-state index in [4.69, 9.17) is 0 Å². The average Bonchev–Trinajstić information content (AvgIpc) is 2.93. The first-order chi connectivity index (χ1) is 10.3. The molecule has 1 nitrogen and oxygen atoms in total. The second kappa shape index (κ2) is 7.08. The highest BCUT2D eigenvalue weighted by atomic mass is 79.9. The Hall–Kier alpha value is -0.640. The van der Waals surface area contributed by atoms with Crippen molar-refractivity contribution in [2.45, 2.75) is 37.6 Å². The van der Waals surface area contributed by atoms with Crippen molar-refractivity contribution in [1.82, 2.24) is 5.32 Å². The van der Waals surface area contributed by atoms with Gasteiger partial charge in [-0.05, 0) is 77.5 Å². The van der Waals surface area contributed by atoms with E-state index in [-0.39, 0.29) is 0 Å². The van der Waals surface area contributed by atoms with Crippen molar-refractivity contribution in [3.8, 4) is 0 Å². The average molecular weight is 364 g/mol. The zero-order valence-electron chi connectivity index (χ0n) is 12.4. The number of halogens is 1. The van der Waals surface area contributed by atoms with Gasteiger partial charge < -0.3 is 5.32 Å². The van der Waals surface area contributed by atoms with Crippen LogP contribution in [0.25, 0.3) is 0 Å². The zero-order valence-corrected chi connectivity index (χ0v) is 14.8. The molecule has 1 heterocycles. The first kappa shape index (κ1) is 15.3. The first-order valence-corrected chi connectivity index (χ1v) is 9.39. The number of rotatable bonds is 4. The molecular weight excluding hydrogens is 342 g/mol. The Balaban J connectivity index is 1.74. The predicted molar refractivity (Wildman–Crippen MR) is 95.1 cm³/mol. The Kier molecular flexibility index (Phi) is 5.15. The summed E-state index contributed by atoms with van der Waals surface area (Å²) in [7, 11) is 2.12. The van der Waals surface area contributed by atoms with Crippen LogP contribution in [-0.4, -0.2) is 13.1 Å². The van der Waals surface area contributed by atoms with E-state index in [0.717, 1.165) is 11.8 Å². The van der Waals surface area contributed by atoms with Gasteiger partial charge >= 0.3 is 0 Å². The lowest BCUT2D eigenvalue weighted by atomic mass is 9.74. The summed E-state index contributed by atoms with van der Waals surface area (Å²) >= 11 is 5.56. The molecule has 21 heavy (non-hydrogen) atoms. The summed E-state index contributed by atoms with van der Waals surface area (Å²) in [6.07, 6.45) is 5.06. The summed E-state index contributed by atoms with van der Waals surface area (Å²) in [6.45, 7) is 0. The molecule has 1 aromatic carbocycles. The van der Waals surface area contributed by atoms with Crippen molar-refractivity contribution in [1.29, 1.82) is 0 Å². The minimum Gasteiger partial charge on any atom is -0.317 e. The monoisotopic (exact) mass is 363 g/mol. The van der Waals surface area contributed by atoms with E-state index >= 15 is 0 Å². The van der Waals surface area contributed by atoms with Crippen molar-refractivity contribution in [2.24, 2.45) is 5.92 Å². The molecule has 3 rings (SSSR count). The molecule has 1 aliphatic rings. The van der Waals surface area contributed by atoms with Gasteiger partial charge in [-0.3, -0.25) is 0 Å². The van der Waals surface area contributed by atoms with Crippen LogP contribution in [0.3, 0.4) is 0 Å². The highest BCUT2D eigenvalue weighted by Crippen LogP contribution is 2.39. The molecule has 1 aromatic heterocycles. The molecule has 0 spiro atoms. The molecule has 3 heteroatoms. The fourth-order valence-electron chi connectivity index (χ4n) is 3.61. The van der Waals surface area contributed by atoms with Crippen LogP contribution in [0, 0.1) is 5.92 Å². The molecule has 0 bridgehead atoms. The maximum atomic E-state index is 3.68. The molecule has 3 unspecified atom stereocenters. The van der Waals surface area contributed by atoms with E-state index < -0.39 is 0 Å². The second-order valence-corrected chi connectivity index (χ2v) is 7.83. The van der Waals surface area contributed by atoms with Crippen molar-refractivity contribution < 1.29 is 0 Å². The Labute approximate surface area is 139 Å². The maximum absolute atomic E-state index is 3.68. The lowest BCUT2D eigenvalue weighted by molar-refractivity contribution is 0.249. The lowest BCUT2D eigenvalue weighted by Gasteiger charge is -2.36. The van der Waals surface area contributed by atoms with Gasteiger partial charge in [0, 0.05) is 15.4 Å². The van der Waals surface area contributed by atoms with Gasteiger partial charge in [0.2, 0.25) is 0 Å². The van der Waals surface area contributed by atoms with Gasteiger partial charge in [0.15, 0.2) is 0 Å². The number of thiophene rings is 1. The van der Waals surface area contributed by atoms with Crippen molar-refractivity contribution in [3.63, 3.8) is 0 Å². The number of hydrogen-bond donors (Lipinski definition) is 1. The van der Waals surface area contributed by atoms with Crippen LogP contribution in [0.5, 0.6) is 0 Å². The van der Waals surface area contributed by atoms with E-state index in [1.54, 1.807) is 0 Å². The van der Waals surface area contributed by atoms with Gasteiger partial charge in [0.1, 0.15) is 0 Å². The minimum absolute atomic E-state index is 0.652. The third-order valence-electron chi connectivity index (χ3n) is 4.76. The molecule has 0 radical (unpaired) electrons. The molecule has 1 saturated carbocycles. The Morgan fingerprint density at radius 2 is 2.00 bits per heavy atom. The maximum Gasteiger partial charge on any atom is 0.0314 e.